The highest BCUT2D eigenvalue weighted by atomic mass is 32.1. The van der Waals surface area contributed by atoms with Crippen LogP contribution in [0.15, 0.2) is 60.8 Å². The number of para-hydroxylation sites is 1. The number of nitrogens with zero attached hydrogens (tertiary/aromatic N) is 2. The van der Waals surface area contributed by atoms with Crippen molar-refractivity contribution in [3.05, 3.63) is 76.2 Å². The van der Waals surface area contributed by atoms with Gasteiger partial charge in [-0.1, -0.05) is 48.5 Å². The lowest BCUT2D eigenvalue weighted by molar-refractivity contribution is 0.0946. The molecule has 2 aromatic carbocycles. The van der Waals surface area contributed by atoms with Crippen LogP contribution in [0.25, 0.3) is 22.2 Å². The van der Waals surface area contributed by atoms with Crippen molar-refractivity contribution in [2.24, 2.45) is 0 Å². The van der Waals surface area contributed by atoms with Crippen LogP contribution in [0.2, 0.25) is 0 Å². The molecule has 0 radical (unpaired) electrons. The Morgan fingerprint density at radius 1 is 1.11 bits per heavy atom. The van der Waals surface area contributed by atoms with Gasteiger partial charge in [-0.15, -0.1) is 11.3 Å². The summed E-state index contributed by atoms with van der Waals surface area (Å²) in [5.74, 6) is 0.120. The van der Waals surface area contributed by atoms with Crippen LogP contribution in [-0.2, 0) is 6.54 Å². The summed E-state index contributed by atoms with van der Waals surface area (Å²) < 4.78 is 0. The predicted octanol–water partition coefficient (Wildman–Crippen LogP) is 4.91. The lowest BCUT2D eigenvalue weighted by Crippen LogP contribution is -2.25. The second-order valence-corrected chi connectivity index (χ2v) is 8.05. The minimum Gasteiger partial charge on any atom is -0.354 e. The first-order chi connectivity index (χ1) is 13.1. The molecule has 4 rings (SSSR count). The van der Waals surface area contributed by atoms with E-state index in [0.29, 0.717) is 6.54 Å². The van der Waals surface area contributed by atoms with E-state index in [1.165, 1.54) is 4.88 Å². The number of Topliss-reactive ketones (excluding diaryl/α,β-unsaturated/α-hetero) is 1. The summed E-state index contributed by atoms with van der Waals surface area (Å²) in [4.78, 5) is 24.2. The van der Waals surface area contributed by atoms with Gasteiger partial charge in [0.2, 0.25) is 0 Å². The molecule has 0 aliphatic rings. The highest BCUT2D eigenvalue weighted by Crippen LogP contribution is 2.30. The number of hydrogen-bond acceptors (Lipinski definition) is 4. The Balaban J connectivity index is 1.66. The quantitative estimate of drug-likeness (QED) is 0.487. The zero-order valence-corrected chi connectivity index (χ0v) is 16.2. The van der Waals surface area contributed by atoms with E-state index < -0.39 is 0 Å². The first-order valence-electron chi connectivity index (χ1n) is 8.91. The number of likely N-dealkylation sites (N-methyl/N-ethyl adjacent to an activating group) is 1. The van der Waals surface area contributed by atoms with Gasteiger partial charge < -0.3 is 4.98 Å². The predicted molar refractivity (Wildman–Crippen MR) is 111 cm³/mol. The molecule has 2 heterocycles. The molecule has 136 valence electrons. The van der Waals surface area contributed by atoms with Gasteiger partial charge in [-0.2, -0.15) is 0 Å². The summed E-state index contributed by atoms with van der Waals surface area (Å²) >= 11 is 1.67. The molecular formula is C22H21N3OS. The highest BCUT2D eigenvalue weighted by molar-refractivity contribution is 7.11. The maximum absolute atomic E-state index is 13.2. The van der Waals surface area contributed by atoms with Crippen LogP contribution in [0.4, 0.5) is 0 Å². The molecule has 0 spiro atoms. The lowest BCUT2D eigenvalue weighted by atomic mass is 10.0. The topological polar surface area (TPSA) is 49.0 Å². The SMILES string of the molecule is Cc1ncc(CN(C)CC(=O)c2c(-c3ccccc3)[nH]c3ccccc23)s1. The minimum absolute atomic E-state index is 0.120. The third-order valence-electron chi connectivity index (χ3n) is 4.56. The first-order valence-corrected chi connectivity index (χ1v) is 9.72. The molecule has 4 aromatic rings. The van der Waals surface area contributed by atoms with Crippen LogP contribution in [0.5, 0.6) is 0 Å². The van der Waals surface area contributed by atoms with Crippen LogP contribution < -0.4 is 0 Å². The monoisotopic (exact) mass is 375 g/mol. The van der Waals surface area contributed by atoms with E-state index in [1.807, 2.05) is 79.7 Å². The summed E-state index contributed by atoms with van der Waals surface area (Å²) in [6, 6.07) is 18.0. The van der Waals surface area contributed by atoms with Crippen LogP contribution >= 0.6 is 11.3 Å². The largest absolute Gasteiger partial charge is 0.354 e. The van der Waals surface area contributed by atoms with Crippen LogP contribution in [0, 0.1) is 6.92 Å². The molecule has 1 N–H and O–H groups in total. The van der Waals surface area contributed by atoms with Gasteiger partial charge >= 0.3 is 0 Å². The average molecular weight is 375 g/mol. The Labute approximate surface area is 162 Å². The summed E-state index contributed by atoms with van der Waals surface area (Å²) in [6.45, 7) is 3.08. The van der Waals surface area contributed by atoms with E-state index >= 15 is 0 Å². The van der Waals surface area contributed by atoms with E-state index in [4.69, 9.17) is 0 Å². The van der Waals surface area contributed by atoms with Crippen LogP contribution in [-0.4, -0.2) is 34.2 Å². The molecule has 0 unspecified atom stereocenters. The summed E-state index contributed by atoms with van der Waals surface area (Å²) in [5, 5.41) is 2.02. The number of ketones is 1. The van der Waals surface area contributed by atoms with E-state index in [-0.39, 0.29) is 5.78 Å². The molecule has 0 bridgehead atoms. The molecule has 0 aliphatic heterocycles. The molecule has 2 aromatic heterocycles. The Morgan fingerprint density at radius 3 is 2.59 bits per heavy atom. The molecule has 0 fully saturated rings. The van der Waals surface area contributed by atoms with Gasteiger partial charge in [-0.25, -0.2) is 4.98 Å². The van der Waals surface area contributed by atoms with Gasteiger partial charge in [0.15, 0.2) is 5.78 Å². The molecule has 4 nitrogen and oxygen atoms in total. The number of rotatable bonds is 6. The maximum Gasteiger partial charge on any atom is 0.179 e. The Hall–Kier alpha value is -2.76. The van der Waals surface area contributed by atoms with Crippen molar-refractivity contribution in [2.75, 3.05) is 13.6 Å². The summed E-state index contributed by atoms with van der Waals surface area (Å²) in [6.07, 6.45) is 1.89. The highest BCUT2D eigenvalue weighted by Gasteiger charge is 2.20. The third-order valence-corrected chi connectivity index (χ3v) is 5.45. The lowest BCUT2D eigenvalue weighted by Gasteiger charge is -2.15. The number of aryl methyl sites for hydroxylation is 1. The fourth-order valence-corrected chi connectivity index (χ4v) is 4.25. The van der Waals surface area contributed by atoms with Crippen molar-refractivity contribution in [3.63, 3.8) is 0 Å². The molecule has 0 saturated heterocycles. The van der Waals surface area contributed by atoms with E-state index in [1.54, 1.807) is 11.3 Å². The van der Waals surface area contributed by atoms with Gasteiger partial charge in [-0.3, -0.25) is 9.69 Å². The van der Waals surface area contributed by atoms with E-state index in [2.05, 4.69) is 9.97 Å². The molecule has 27 heavy (non-hydrogen) atoms. The molecular weight excluding hydrogens is 354 g/mol. The molecule has 0 amide bonds. The van der Waals surface area contributed by atoms with E-state index in [0.717, 1.165) is 39.3 Å². The number of thiazole rings is 1. The number of H-pyrrole nitrogens is 1. The van der Waals surface area contributed by atoms with Crippen molar-refractivity contribution in [1.82, 2.24) is 14.9 Å². The maximum atomic E-state index is 13.2. The normalized spacial score (nSPS) is 11.4. The summed E-state index contributed by atoms with van der Waals surface area (Å²) in [5.41, 5.74) is 3.67. The van der Waals surface area contributed by atoms with Crippen LogP contribution in [0.3, 0.4) is 0 Å². The van der Waals surface area contributed by atoms with Gasteiger partial charge in [-0.05, 0) is 25.6 Å². The average Bonchev–Trinajstić information content (AvgIpc) is 3.25. The smallest absolute Gasteiger partial charge is 0.179 e. The van der Waals surface area contributed by atoms with Gasteiger partial charge in [0.1, 0.15) is 0 Å². The van der Waals surface area contributed by atoms with Gasteiger partial charge in [0, 0.05) is 28.5 Å². The number of fused-ring (bicyclic) bond motifs is 1. The van der Waals surface area contributed by atoms with E-state index in [9.17, 15) is 4.79 Å². The van der Waals surface area contributed by atoms with Crippen molar-refractivity contribution in [1.29, 1.82) is 0 Å². The number of hydrogen-bond donors (Lipinski definition) is 1. The van der Waals surface area contributed by atoms with Gasteiger partial charge in [0.25, 0.3) is 0 Å². The molecule has 0 aliphatic carbocycles. The van der Waals surface area contributed by atoms with Crippen molar-refractivity contribution in [3.8, 4) is 11.3 Å². The minimum atomic E-state index is 0.120. The third kappa shape index (κ3) is 3.70. The Morgan fingerprint density at radius 2 is 1.85 bits per heavy atom. The summed E-state index contributed by atoms with van der Waals surface area (Å²) in [7, 11) is 1.98. The number of aromatic nitrogens is 2. The Bertz CT molecular complexity index is 1080. The zero-order valence-electron chi connectivity index (χ0n) is 15.4. The molecule has 0 saturated carbocycles. The van der Waals surface area contributed by atoms with Gasteiger partial charge in [0.05, 0.1) is 22.8 Å². The van der Waals surface area contributed by atoms with Crippen molar-refractivity contribution >= 4 is 28.0 Å². The standard InChI is InChI=1S/C22H21N3OS/c1-15-23-12-17(27-15)13-25(2)14-20(26)21-18-10-6-7-11-19(18)24-22(21)16-8-4-3-5-9-16/h3-12,24H,13-14H2,1-2H3. The van der Waals surface area contributed by atoms with Crippen LogP contribution in [0.1, 0.15) is 20.2 Å². The number of carbonyl (C=O) groups excluding carboxylic acids is 1. The molecule has 0 atom stereocenters. The first kappa shape index (κ1) is 17.6. The molecule has 5 heteroatoms. The number of benzene rings is 2. The number of nitrogens with one attached hydrogen (secondary N) is 1. The van der Waals surface area contributed by atoms with Crippen molar-refractivity contribution in [2.45, 2.75) is 13.5 Å². The second-order valence-electron chi connectivity index (χ2n) is 6.73. The zero-order chi connectivity index (χ0) is 18.8. The number of carbonyl (C=O) groups is 1. The fraction of sp³-hybridized carbons (Fsp3) is 0.182. The Kier molecular flexibility index (Phi) is 4.88. The number of aromatic amines is 1. The second kappa shape index (κ2) is 7.47. The fourth-order valence-electron chi connectivity index (χ4n) is 3.38. The van der Waals surface area contributed by atoms with Crippen molar-refractivity contribution < 1.29 is 4.79 Å².